The van der Waals surface area contributed by atoms with Crippen molar-refractivity contribution in [3.8, 4) is 0 Å². The summed E-state index contributed by atoms with van der Waals surface area (Å²) in [6.45, 7) is 6.30. The molecule has 1 N–H and O–H groups in total. The Kier molecular flexibility index (Phi) is 2.67. The number of rotatable bonds is 2. The highest BCUT2D eigenvalue weighted by molar-refractivity contribution is 7.95. The first-order valence-electron chi connectivity index (χ1n) is 4.81. The van der Waals surface area contributed by atoms with Gasteiger partial charge in [0.15, 0.2) is 0 Å². The van der Waals surface area contributed by atoms with Crippen molar-refractivity contribution in [2.24, 2.45) is 0 Å². The van der Waals surface area contributed by atoms with Crippen molar-refractivity contribution in [1.82, 2.24) is 19.1 Å². The van der Waals surface area contributed by atoms with Crippen molar-refractivity contribution < 1.29 is 0 Å². The molecule has 0 saturated heterocycles. The lowest BCUT2D eigenvalue weighted by molar-refractivity contribution is 0.532. The van der Waals surface area contributed by atoms with Crippen LogP contribution in [-0.2, 0) is 0 Å². The molecule has 1 heterocycles. The molecular weight excluding hydrogens is 208 g/mol. The van der Waals surface area contributed by atoms with Gasteiger partial charge in [-0.15, -0.1) is 14.4 Å². The molecule has 0 aliphatic rings. The van der Waals surface area contributed by atoms with Crippen molar-refractivity contribution in [2.75, 3.05) is 0 Å². The zero-order valence-electron chi connectivity index (χ0n) is 9.06. The Balaban J connectivity index is 2.16. The van der Waals surface area contributed by atoms with Crippen LogP contribution in [0.1, 0.15) is 20.8 Å². The molecule has 4 nitrogen and oxygen atoms in total. The maximum Gasteiger partial charge on any atom is 0.114 e. The van der Waals surface area contributed by atoms with Crippen LogP contribution < -0.4 is 4.72 Å². The summed E-state index contributed by atoms with van der Waals surface area (Å²) in [5.74, 6) is 0. The van der Waals surface area contributed by atoms with Gasteiger partial charge in [0.1, 0.15) is 11.0 Å². The molecule has 0 atom stereocenters. The molecule has 0 bridgehead atoms. The van der Waals surface area contributed by atoms with Crippen LogP contribution in [0.25, 0.3) is 11.0 Å². The van der Waals surface area contributed by atoms with E-state index < -0.39 is 0 Å². The van der Waals surface area contributed by atoms with Crippen LogP contribution in [0.2, 0.25) is 0 Å². The van der Waals surface area contributed by atoms with Gasteiger partial charge in [0, 0.05) is 5.54 Å². The minimum atomic E-state index is 0.0461. The summed E-state index contributed by atoms with van der Waals surface area (Å²) in [4.78, 5) is 0. The first kappa shape index (κ1) is 10.4. The van der Waals surface area contributed by atoms with E-state index in [1.54, 1.807) is 4.20 Å². The zero-order chi connectivity index (χ0) is 10.9. The van der Waals surface area contributed by atoms with Gasteiger partial charge in [0.2, 0.25) is 0 Å². The zero-order valence-corrected chi connectivity index (χ0v) is 9.88. The first-order valence-corrected chi connectivity index (χ1v) is 5.58. The minimum Gasteiger partial charge on any atom is -0.238 e. The first-order chi connectivity index (χ1) is 7.04. The number of hydrogen-bond acceptors (Lipinski definition) is 4. The van der Waals surface area contributed by atoms with E-state index in [9.17, 15) is 0 Å². The monoisotopic (exact) mass is 222 g/mol. The molecule has 80 valence electrons. The topological polar surface area (TPSA) is 42.7 Å². The highest BCUT2D eigenvalue weighted by Crippen LogP contribution is 2.12. The summed E-state index contributed by atoms with van der Waals surface area (Å²) in [6, 6.07) is 7.83. The molecular formula is C10H14N4S. The summed E-state index contributed by atoms with van der Waals surface area (Å²) in [6.07, 6.45) is 0. The quantitative estimate of drug-likeness (QED) is 0.791. The molecule has 0 unspecified atom stereocenters. The fourth-order valence-electron chi connectivity index (χ4n) is 1.06. The van der Waals surface area contributed by atoms with E-state index in [-0.39, 0.29) is 5.54 Å². The van der Waals surface area contributed by atoms with Crippen molar-refractivity contribution >= 4 is 23.2 Å². The molecule has 0 spiro atoms. The Labute approximate surface area is 93.3 Å². The maximum absolute atomic E-state index is 4.32. The standard InChI is InChI=1S/C10H14N4S/c1-10(2,3)13-15-14-11-8-6-4-5-7-9(8)12-14/h4-7,13H,1-3H3. The van der Waals surface area contributed by atoms with E-state index in [4.69, 9.17) is 0 Å². The highest BCUT2D eigenvalue weighted by Gasteiger charge is 2.10. The second kappa shape index (κ2) is 3.83. The summed E-state index contributed by atoms with van der Waals surface area (Å²) < 4.78 is 4.86. The van der Waals surface area contributed by atoms with Gasteiger partial charge in [-0.2, -0.15) is 0 Å². The highest BCUT2D eigenvalue weighted by atomic mass is 32.2. The van der Waals surface area contributed by atoms with Gasteiger partial charge in [0.25, 0.3) is 0 Å². The second-order valence-corrected chi connectivity index (χ2v) is 5.10. The Bertz CT molecular complexity index is 425. The molecule has 2 rings (SSSR count). The third-order valence-corrected chi connectivity index (χ3v) is 2.73. The molecule has 1 aromatic heterocycles. The van der Waals surface area contributed by atoms with Gasteiger partial charge in [0.05, 0.1) is 12.1 Å². The lowest BCUT2D eigenvalue weighted by Crippen LogP contribution is -2.31. The van der Waals surface area contributed by atoms with Crippen LogP contribution in [0.15, 0.2) is 24.3 Å². The largest absolute Gasteiger partial charge is 0.238 e. The van der Waals surface area contributed by atoms with E-state index in [1.807, 2.05) is 24.3 Å². The van der Waals surface area contributed by atoms with Gasteiger partial charge >= 0.3 is 0 Å². The van der Waals surface area contributed by atoms with E-state index in [0.29, 0.717) is 0 Å². The van der Waals surface area contributed by atoms with E-state index in [0.717, 1.165) is 11.0 Å². The fourth-order valence-corrected chi connectivity index (χ4v) is 1.67. The normalized spacial score (nSPS) is 12.2. The van der Waals surface area contributed by atoms with E-state index in [1.165, 1.54) is 12.1 Å². The smallest absolute Gasteiger partial charge is 0.114 e. The molecule has 2 aromatic rings. The van der Waals surface area contributed by atoms with E-state index >= 15 is 0 Å². The molecule has 0 fully saturated rings. The van der Waals surface area contributed by atoms with Gasteiger partial charge in [-0.1, -0.05) is 12.1 Å². The van der Waals surface area contributed by atoms with Crippen LogP contribution in [0.4, 0.5) is 0 Å². The van der Waals surface area contributed by atoms with Crippen molar-refractivity contribution in [2.45, 2.75) is 26.3 Å². The number of aromatic nitrogens is 3. The number of nitrogens with one attached hydrogen (secondary N) is 1. The summed E-state index contributed by atoms with van der Waals surface area (Å²) in [5, 5.41) is 8.64. The SMILES string of the molecule is CC(C)(C)NSn1nc2ccccc2n1. The molecule has 0 saturated carbocycles. The van der Waals surface area contributed by atoms with Crippen molar-refractivity contribution in [1.29, 1.82) is 0 Å². The van der Waals surface area contributed by atoms with Gasteiger partial charge in [-0.25, -0.2) is 4.72 Å². The molecule has 15 heavy (non-hydrogen) atoms. The molecule has 0 aliphatic carbocycles. The molecule has 5 heteroatoms. The molecule has 0 aliphatic heterocycles. The van der Waals surface area contributed by atoms with Crippen LogP contribution in [-0.4, -0.2) is 19.9 Å². The summed E-state index contributed by atoms with van der Waals surface area (Å²) in [5.41, 5.74) is 1.88. The Morgan fingerprint density at radius 1 is 1.13 bits per heavy atom. The fraction of sp³-hybridized carbons (Fsp3) is 0.400. The van der Waals surface area contributed by atoms with Gasteiger partial charge in [-0.3, -0.25) is 0 Å². The Morgan fingerprint density at radius 3 is 2.13 bits per heavy atom. The number of nitrogens with zero attached hydrogens (tertiary/aromatic N) is 3. The number of fused-ring (bicyclic) bond motifs is 1. The van der Waals surface area contributed by atoms with Crippen LogP contribution >= 0.6 is 12.1 Å². The molecule has 0 radical (unpaired) electrons. The van der Waals surface area contributed by atoms with Crippen molar-refractivity contribution in [3.63, 3.8) is 0 Å². The van der Waals surface area contributed by atoms with Crippen LogP contribution in [0.5, 0.6) is 0 Å². The van der Waals surface area contributed by atoms with Gasteiger partial charge < -0.3 is 0 Å². The van der Waals surface area contributed by atoms with Gasteiger partial charge in [-0.05, 0) is 32.9 Å². The minimum absolute atomic E-state index is 0.0461. The number of benzene rings is 1. The summed E-state index contributed by atoms with van der Waals surface area (Å²) >= 11 is 1.40. The molecule has 1 aromatic carbocycles. The van der Waals surface area contributed by atoms with Crippen LogP contribution in [0.3, 0.4) is 0 Å². The summed E-state index contributed by atoms with van der Waals surface area (Å²) in [7, 11) is 0. The Morgan fingerprint density at radius 2 is 1.67 bits per heavy atom. The lowest BCUT2D eigenvalue weighted by Gasteiger charge is -2.17. The third kappa shape index (κ3) is 2.70. The Hall–Kier alpha value is -1.07. The maximum atomic E-state index is 4.32. The number of hydrogen-bond donors (Lipinski definition) is 1. The third-order valence-electron chi connectivity index (χ3n) is 1.70. The average Bonchev–Trinajstić information content (AvgIpc) is 2.56. The average molecular weight is 222 g/mol. The predicted octanol–water partition coefficient (Wildman–Crippen LogP) is 2.23. The predicted molar refractivity (Wildman–Crippen MR) is 63.4 cm³/mol. The van der Waals surface area contributed by atoms with E-state index in [2.05, 4.69) is 35.7 Å². The second-order valence-electron chi connectivity index (χ2n) is 4.38. The molecule has 0 amide bonds. The van der Waals surface area contributed by atoms with Crippen molar-refractivity contribution in [3.05, 3.63) is 24.3 Å². The lowest BCUT2D eigenvalue weighted by atomic mass is 10.1. The van der Waals surface area contributed by atoms with Crippen LogP contribution in [0, 0.1) is 0 Å².